The number of amides is 1. The van der Waals surface area contributed by atoms with E-state index in [0.29, 0.717) is 51.3 Å². The van der Waals surface area contributed by atoms with Gasteiger partial charge in [-0.1, -0.05) is 18.6 Å². The van der Waals surface area contributed by atoms with E-state index in [1.165, 1.54) is 49.7 Å². The molecule has 9 nitrogen and oxygen atoms in total. The number of nitrogens with zero attached hydrogens (tertiary/aromatic N) is 3. The summed E-state index contributed by atoms with van der Waals surface area (Å²) in [4.78, 5) is 33.7. The number of benzene rings is 4. The molecule has 1 fully saturated rings. The van der Waals surface area contributed by atoms with Crippen molar-refractivity contribution in [1.29, 1.82) is 0 Å². The smallest absolute Gasteiger partial charge is 0.261 e. The van der Waals surface area contributed by atoms with Crippen molar-refractivity contribution in [3.8, 4) is 28.7 Å². The van der Waals surface area contributed by atoms with Crippen molar-refractivity contribution < 1.29 is 27.8 Å². The standard InChI is InChI=1S/C40H36F2N4O5.2ClH/c1-49-37-23-30-33(24-38(37)50-21-7-20-45-18-5-2-6-19-45)43-17-16-35(30)51-36-15-12-27(22-32(36)42)44-40(48)31-25-46(28-13-10-26(41)11-14-28)34-9-4-3-8-29(34)39(31)47;;/h3-4,8-17,22-25H,2,5-7,18-21H2,1H3,(H,44,48);2*1H. The van der Waals surface area contributed by atoms with Crippen LogP contribution in [0.25, 0.3) is 27.5 Å². The summed E-state index contributed by atoms with van der Waals surface area (Å²) in [7, 11) is 1.56. The molecule has 2 aromatic heterocycles. The summed E-state index contributed by atoms with van der Waals surface area (Å²) in [6, 6.07) is 21.7. The number of anilines is 1. The van der Waals surface area contributed by atoms with Gasteiger partial charge in [-0.3, -0.25) is 14.6 Å². The number of hydrogen-bond donors (Lipinski definition) is 1. The summed E-state index contributed by atoms with van der Waals surface area (Å²) in [6.07, 6.45) is 7.65. The average molecular weight is 764 g/mol. The fourth-order valence-corrected chi connectivity index (χ4v) is 6.38. The van der Waals surface area contributed by atoms with Gasteiger partial charge in [-0.25, -0.2) is 8.78 Å². The topological polar surface area (TPSA) is 94.9 Å². The van der Waals surface area contributed by atoms with Crippen LogP contribution in [-0.2, 0) is 0 Å². The molecule has 0 spiro atoms. The van der Waals surface area contributed by atoms with Gasteiger partial charge in [0.1, 0.15) is 17.1 Å². The first-order valence-corrected chi connectivity index (χ1v) is 16.9. The first kappa shape index (κ1) is 39.0. The second-order valence-corrected chi connectivity index (χ2v) is 12.4. The van der Waals surface area contributed by atoms with Crippen LogP contribution in [0.2, 0.25) is 0 Å². The Morgan fingerprint density at radius 1 is 0.849 bits per heavy atom. The van der Waals surface area contributed by atoms with Gasteiger partial charge in [0.05, 0.1) is 24.8 Å². The third-order valence-corrected chi connectivity index (χ3v) is 8.98. The number of hydrogen-bond acceptors (Lipinski definition) is 7. The highest BCUT2D eigenvalue weighted by molar-refractivity contribution is 6.06. The van der Waals surface area contributed by atoms with Crippen LogP contribution in [0.5, 0.6) is 23.0 Å². The van der Waals surface area contributed by atoms with E-state index in [1.807, 2.05) is 0 Å². The average Bonchev–Trinajstić information content (AvgIpc) is 3.15. The van der Waals surface area contributed by atoms with Crippen molar-refractivity contribution >= 4 is 58.2 Å². The number of para-hydroxylation sites is 1. The summed E-state index contributed by atoms with van der Waals surface area (Å²) < 4.78 is 48.5. The number of carbonyl (C=O) groups is 1. The monoisotopic (exact) mass is 762 g/mol. The molecule has 1 aliphatic rings. The van der Waals surface area contributed by atoms with Gasteiger partial charge in [-0.05, 0) is 93.0 Å². The van der Waals surface area contributed by atoms with E-state index in [1.54, 1.807) is 72.5 Å². The molecule has 53 heavy (non-hydrogen) atoms. The summed E-state index contributed by atoms with van der Waals surface area (Å²) in [6.45, 7) is 3.80. The van der Waals surface area contributed by atoms with Crippen LogP contribution >= 0.6 is 24.8 Å². The number of aromatic nitrogens is 2. The van der Waals surface area contributed by atoms with Gasteiger partial charge in [0.25, 0.3) is 5.91 Å². The highest BCUT2D eigenvalue weighted by Crippen LogP contribution is 2.38. The number of carbonyl (C=O) groups excluding carboxylic acids is 1. The molecule has 1 aliphatic heterocycles. The fourth-order valence-electron chi connectivity index (χ4n) is 6.38. The van der Waals surface area contributed by atoms with E-state index in [-0.39, 0.29) is 41.8 Å². The third-order valence-electron chi connectivity index (χ3n) is 8.98. The lowest BCUT2D eigenvalue weighted by Gasteiger charge is -2.26. The molecular formula is C40H38Cl2F2N4O5. The Kier molecular flexibility index (Phi) is 12.9. The number of ether oxygens (including phenoxy) is 3. The van der Waals surface area contributed by atoms with Crippen molar-refractivity contribution in [3.05, 3.63) is 125 Å². The second-order valence-electron chi connectivity index (χ2n) is 12.4. The van der Waals surface area contributed by atoms with Crippen LogP contribution in [0.1, 0.15) is 36.0 Å². The molecule has 6 aromatic rings. The van der Waals surface area contributed by atoms with Crippen molar-refractivity contribution in [2.24, 2.45) is 0 Å². The Bertz CT molecular complexity index is 2280. The number of nitrogens with one attached hydrogen (secondary N) is 1. The van der Waals surface area contributed by atoms with Gasteiger partial charge in [0, 0.05) is 53.2 Å². The van der Waals surface area contributed by atoms with Crippen LogP contribution in [0.3, 0.4) is 0 Å². The summed E-state index contributed by atoms with van der Waals surface area (Å²) in [5, 5.41) is 3.52. The summed E-state index contributed by atoms with van der Waals surface area (Å²) in [5.41, 5.74) is 1.16. The Morgan fingerprint density at radius 3 is 2.38 bits per heavy atom. The first-order valence-electron chi connectivity index (χ1n) is 16.9. The first-order chi connectivity index (χ1) is 24.9. The van der Waals surface area contributed by atoms with Gasteiger partial charge in [0.2, 0.25) is 5.43 Å². The minimum Gasteiger partial charge on any atom is -0.493 e. The normalized spacial score (nSPS) is 12.8. The molecule has 3 heterocycles. The molecule has 0 unspecified atom stereocenters. The zero-order valence-electron chi connectivity index (χ0n) is 28.8. The van der Waals surface area contributed by atoms with Crippen LogP contribution in [0.4, 0.5) is 14.5 Å². The number of likely N-dealkylation sites (tertiary alicyclic amines) is 1. The van der Waals surface area contributed by atoms with Gasteiger partial charge in [0.15, 0.2) is 23.1 Å². The second kappa shape index (κ2) is 17.5. The lowest BCUT2D eigenvalue weighted by atomic mass is 10.1. The number of fused-ring (bicyclic) bond motifs is 2. The molecule has 0 saturated carbocycles. The lowest BCUT2D eigenvalue weighted by molar-refractivity contribution is 0.102. The fraction of sp³-hybridized carbons (Fsp3) is 0.225. The number of rotatable bonds is 11. The molecule has 0 aliphatic carbocycles. The Morgan fingerprint density at radius 2 is 1.62 bits per heavy atom. The molecule has 1 N–H and O–H groups in total. The maximum absolute atomic E-state index is 15.5. The zero-order chi connectivity index (χ0) is 35.3. The highest BCUT2D eigenvalue weighted by Gasteiger charge is 2.19. The minimum absolute atomic E-state index is 0. The lowest BCUT2D eigenvalue weighted by Crippen LogP contribution is -2.31. The van der Waals surface area contributed by atoms with Gasteiger partial charge < -0.3 is 29.0 Å². The molecule has 0 bridgehead atoms. The maximum Gasteiger partial charge on any atom is 0.261 e. The van der Waals surface area contributed by atoms with E-state index in [9.17, 15) is 14.0 Å². The van der Waals surface area contributed by atoms with Crippen LogP contribution in [-0.4, -0.2) is 53.7 Å². The van der Waals surface area contributed by atoms with Crippen LogP contribution in [0, 0.1) is 11.6 Å². The molecule has 1 amide bonds. The summed E-state index contributed by atoms with van der Waals surface area (Å²) in [5.74, 6) is -0.544. The van der Waals surface area contributed by atoms with Crippen molar-refractivity contribution in [1.82, 2.24) is 14.5 Å². The van der Waals surface area contributed by atoms with Crippen molar-refractivity contribution in [2.75, 3.05) is 38.7 Å². The third kappa shape index (κ3) is 8.71. The highest BCUT2D eigenvalue weighted by atomic mass is 35.5. The molecular weight excluding hydrogens is 725 g/mol. The van der Waals surface area contributed by atoms with E-state index in [4.69, 9.17) is 14.2 Å². The van der Waals surface area contributed by atoms with Gasteiger partial charge >= 0.3 is 0 Å². The van der Waals surface area contributed by atoms with E-state index < -0.39 is 23.0 Å². The zero-order valence-corrected chi connectivity index (χ0v) is 30.5. The SMILES string of the molecule is COc1cc2c(Oc3ccc(NC(=O)c4cn(-c5ccc(F)cc5)c5ccccc5c4=O)cc3F)ccnc2cc1OCCCN1CCCCC1.Cl.Cl. The van der Waals surface area contributed by atoms with Gasteiger partial charge in [-0.15, -0.1) is 24.8 Å². The predicted molar refractivity (Wildman–Crippen MR) is 207 cm³/mol. The van der Waals surface area contributed by atoms with Crippen LogP contribution < -0.4 is 25.0 Å². The summed E-state index contributed by atoms with van der Waals surface area (Å²) >= 11 is 0. The molecule has 7 rings (SSSR count). The van der Waals surface area contributed by atoms with E-state index >= 15 is 4.39 Å². The maximum atomic E-state index is 15.5. The molecule has 0 radical (unpaired) electrons. The quantitative estimate of drug-likeness (QED) is 0.132. The van der Waals surface area contributed by atoms with Crippen molar-refractivity contribution in [2.45, 2.75) is 25.7 Å². The molecule has 0 atom stereocenters. The molecule has 276 valence electrons. The number of methoxy groups -OCH3 is 1. The van der Waals surface area contributed by atoms with Crippen molar-refractivity contribution in [3.63, 3.8) is 0 Å². The van der Waals surface area contributed by atoms with Crippen LogP contribution in [0.15, 0.2) is 102 Å². The minimum atomic E-state index is -0.736. The Hall–Kier alpha value is -5.23. The molecule has 4 aromatic carbocycles. The van der Waals surface area contributed by atoms with Gasteiger partial charge in [-0.2, -0.15) is 0 Å². The largest absolute Gasteiger partial charge is 0.493 e. The Labute approximate surface area is 317 Å². The molecule has 1 saturated heterocycles. The Balaban J connectivity index is 0.00000271. The number of halogens is 4. The predicted octanol–water partition coefficient (Wildman–Crippen LogP) is 8.97. The molecule has 13 heteroatoms. The number of piperidine rings is 1. The van der Waals surface area contributed by atoms with E-state index in [2.05, 4.69) is 15.2 Å². The number of pyridine rings is 2. The van der Waals surface area contributed by atoms with E-state index in [0.717, 1.165) is 32.1 Å².